The molecule has 3 rings (SSSR count). The molecule has 1 atom stereocenters. The van der Waals surface area contributed by atoms with Gasteiger partial charge < -0.3 is 5.32 Å². The number of fused-ring (bicyclic) bond motifs is 3. The summed E-state index contributed by atoms with van der Waals surface area (Å²) < 4.78 is 0. The van der Waals surface area contributed by atoms with Crippen molar-refractivity contribution < 1.29 is 4.79 Å². The van der Waals surface area contributed by atoms with Crippen molar-refractivity contribution in [2.45, 2.75) is 20.4 Å². The van der Waals surface area contributed by atoms with Gasteiger partial charge in [-0.15, -0.1) is 0 Å². The third kappa shape index (κ3) is 1.55. The van der Waals surface area contributed by atoms with E-state index in [4.69, 9.17) is 0 Å². The highest BCUT2D eigenvalue weighted by atomic mass is 16.2. The number of nitrogens with zero attached hydrogens (tertiary/aromatic N) is 5. The molecule has 0 spiro atoms. The van der Waals surface area contributed by atoms with E-state index >= 15 is 0 Å². The molecule has 0 saturated carbocycles. The van der Waals surface area contributed by atoms with Gasteiger partial charge in [0.1, 0.15) is 18.2 Å². The summed E-state index contributed by atoms with van der Waals surface area (Å²) in [4.78, 5) is 30.0. The largest absolute Gasteiger partial charge is 0.372 e. The van der Waals surface area contributed by atoms with Crippen LogP contribution < -0.4 is 5.32 Å². The Hall–Kier alpha value is -2.31. The van der Waals surface area contributed by atoms with Crippen molar-refractivity contribution >= 4 is 29.7 Å². The van der Waals surface area contributed by atoms with Gasteiger partial charge in [0, 0.05) is 7.05 Å². The highest BCUT2D eigenvalue weighted by Crippen LogP contribution is 2.25. The number of carbonyl (C=O) groups is 1. The van der Waals surface area contributed by atoms with Crippen LogP contribution in [0.1, 0.15) is 20.0 Å². The Morgan fingerprint density at radius 2 is 2.22 bits per heavy atom. The van der Waals surface area contributed by atoms with Gasteiger partial charge in [0.15, 0.2) is 17.3 Å². The first-order chi connectivity index (χ1) is 8.20. The van der Waals surface area contributed by atoms with Crippen molar-refractivity contribution in [3.63, 3.8) is 0 Å². The number of aromatic nitrogens is 2. The average molecular weight is 246 g/mol. The summed E-state index contributed by atoms with van der Waals surface area (Å²) in [7, 11) is 1.75. The van der Waals surface area contributed by atoms with Crippen LogP contribution in [0.2, 0.25) is 0 Å². The molecular weight excluding hydrogens is 232 g/mol. The molecule has 0 fully saturated rings. The summed E-state index contributed by atoms with van der Waals surface area (Å²) in [6.07, 6.45) is 3.04. The van der Waals surface area contributed by atoms with Crippen LogP contribution in [0.5, 0.6) is 0 Å². The number of carbonyl (C=O) groups excluding carboxylic acids is 1. The predicted octanol–water partition coefficient (Wildman–Crippen LogP) is 0.805. The summed E-state index contributed by atoms with van der Waals surface area (Å²) >= 11 is 0. The fourth-order valence-corrected chi connectivity index (χ4v) is 1.75. The minimum absolute atomic E-state index is 0. The van der Waals surface area contributed by atoms with E-state index in [9.17, 15) is 4.79 Å². The zero-order valence-corrected chi connectivity index (χ0v) is 9.38. The SMILES string of the molecule is C.CNc1cnc2c(n1)C1=NC(C)C(=O)N1C=N2. The molecule has 0 aliphatic carbocycles. The highest BCUT2D eigenvalue weighted by Gasteiger charge is 2.36. The molecule has 7 heteroatoms. The van der Waals surface area contributed by atoms with Gasteiger partial charge in [-0.05, 0) is 6.92 Å². The average Bonchev–Trinajstić information content (AvgIpc) is 2.65. The standard InChI is InChI=1S/C10H10N6O.CH4/c1-5-10(17)16-4-13-8-7(9(16)14-5)15-6(11-2)3-12-8;/h3-5H,1-2H3,(H,11,15);1H4. The fourth-order valence-electron chi connectivity index (χ4n) is 1.75. The lowest BCUT2D eigenvalue weighted by Crippen LogP contribution is -2.36. The number of nitrogens with one attached hydrogen (secondary N) is 1. The molecule has 3 heterocycles. The molecule has 0 bridgehead atoms. The fraction of sp³-hybridized carbons (Fsp3) is 0.364. The van der Waals surface area contributed by atoms with E-state index in [-0.39, 0.29) is 19.4 Å². The van der Waals surface area contributed by atoms with Crippen molar-refractivity contribution in [3.05, 3.63) is 11.9 Å². The molecule has 0 saturated heterocycles. The molecule has 1 amide bonds. The Bertz CT molecular complexity index is 565. The lowest BCUT2D eigenvalue weighted by molar-refractivity contribution is -0.124. The molecule has 2 aliphatic rings. The van der Waals surface area contributed by atoms with Gasteiger partial charge in [0.2, 0.25) is 0 Å². The Morgan fingerprint density at radius 1 is 1.44 bits per heavy atom. The maximum absolute atomic E-state index is 11.8. The van der Waals surface area contributed by atoms with Crippen LogP contribution in [0.4, 0.5) is 11.6 Å². The maximum Gasteiger partial charge on any atom is 0.258 e. The minimum atomic E-state index is -0.387. The van der Waals surface area contributed by atoms with Crippen LogP contribution in [0, 0.1) is 0 Å². The second-order valence-corrected chi connectivity index (χ2v) is 3.76. The molecule has 2 aliphatic heterocycles. The van der Waals surface area contributed by atoms with Crippen molar-refractivity contribution in [2.75, 3.05) is 12.4 Å². The van der Waals surface area contributed by atoms with Crippen LogP contribution in [0.15, 0.2) is 16.2 Å². The lowest BCUT2D eigenvalue weighted by Gasteiger charge is -2.17. The molecule has 1 N–H and O–H groups in total. The highest BCUT2D eigenvalue weighted by molar-refractivity contribution is 6.22. The summed E-state index contributed by atoms with van der Waals surface area (Å²) in [5.74, 6) is 1.54. The zero-order valence-electron chi connectivity index (χ0n) is 9.38. The van der Waals surface area contributed by atoms with Crippen LogP contribution >= 0.6 is 0 Å². The van der Waals surface area contributed by atoms with E-state index in [0.29, 0.717) is 23.2 Å². The number of rotatable bonds is 1. The normalized spacial score (nSPS) is 19.9. The third-order valence-corrected chi connectivity index (χ3v) is 2.66. The number of anilines is 1. The van der Waals surface area contributed by atoms with E-state index in [1.165, 1.54) is 11.2 Å². The lowest BCUT2D eigenvalue weighted by atomic mass is 10.3. The molecule has 7 nitrogen and oxygen atoms in total. The van der Waals surface area contributed by atoms with Gasteiger partial charge >= 0.3 is 0 Å². The van der Waals surface area contributed by atoms with Gasteiger partial charge in [-0.2, -0.15) is 0 Å². The summed E-state index contributed by atoms with van der Waals surface area (Å²) in [5.41, 5.74) is 0.539. The zero-order chi connectivity index (χ0) is 12.0. The minimum Gasteiger partial charge on any atom is -0.372 e. The molecule has 0 aromatic carbocycles. The summed E-state index contributed by atoms with van der Waals surface area (Å²) in [5, 5.41) is 2.90. The first kappa shape index (κ1) is 12.2. The number of amidine groups is 1. The van der Waals surface area contributed by atoms with Gasteiger partial charge in [-0.25, -0.2) is 15.0 Å². The number of hydrogen-bond acceptors (Lipinski definition) is 6. The van der Waals surface area contributed by atoms with Crippen molar-refractivity contribution in [3.8, 4) is 0 Å². The number of aliphatic imine (C=N–C) groups is 2. The second-order valence-electron chi connectivity index (χ2n) is 3.76. The Balaban J connectivity index is 0.00000120. The maximum atomic E-state index is 11.8. The molecule has 94 valence electrons. The smallest absolute Gasteiger partial charge is 0.258 e. The topological polar surface area (TPSA) is 82.8 Å². The molecule has 1 unspecified atom stereocenters. The second kappa shape index (κ2) is 4.17. The quantitative estimate of drug-likeness (QED) is 0.794. The molecule has 18 heavy (non-hydrogen) atoms. The number of hydrogen-bond donors (Lipinski definition) is 1. The molecule has 0 radical (unpaired) electrons. The van der Waals surface area contributed by atoms with Crippen LogP contribution in [-0.2, 0) is 4.79 Å². The first-order valence-corrected chi connectivity index (χ1v) is 5.21. The van der Waals surface area contributed by atoms with Crippen molar-refractivity contribution in [1.29, 1.82) is 0 Å². The van der Waals surface area contributed by atoms with E-state index in [1.54, 1.807) is 20.2 Å². The Morgan fingerprint density at radius 3 is 2.94 bits per heavy atom. The Kier molecular flexibility index (Phi) is 2.82. The summed E-state index contributed by atoms with van der Waals surface area (Å²) in [6, 6.07) is -0.387. The van der Waals surface area contributed by atoms with Crippen molar-refractivity contribution in [2.24, 2.45) is 9.98 Å². The molecule has 1 aromatic heterocycles. The first-order valence-electron chi connectivity index (χ1n) is 5.21. The van der Waals surface area contributed by atoms with Crippen LogP contribution in [0.3, 0.4) is 0 Å². The predicted molar refractivity (Wildman–Crippen MR) is 69.3 cm³/mol. The van der Waals surface area contributed by atoms with E-state index in [2.05, 4.69) is 25.3 Å². The third-order valence-electron chi connectivity index (χ3n) is 2.66. The van der Waals surface area contributed by atoms with E-state index in [0.717, 1.165) is 0 Å². The van der Waals surface area contributed by atoms with Crippen LogP contribution in [0.25, 0.3) is 0 Å². The van der Waals surface area contributed by atoms with E-state index in [1.807, 2.05) is 0 Å². The molecular formula is C11H14N6O. The number of amides is 1. The van der Waals surface area contributed by atoms with Gasteiger partial charge in [0.25, 0.3) is 5.91 Å². The Labute approximate surface area is 105 Å². The van der Waals surface area contributed by atoms with Crippen LogP contribution in [-0.4, -0.2) is 46.0 Å². The van der Waals surface area contributed by atoms with Gasteiger partial charge in [-0.3, -0.25) is 14.7 Å². The van der Waals surface area contributed by atoms with Crippen molar-refractivity contribution in [1.82, 2.24) is 14.9 Å². The van der Waals surface area contributed by atoms with Gasteiger partial charge in [-0.1, -0.05) is 7.43 Å². The van der Waals surface area contributed by atoms with Gasteiger partial charge in [0.05, 0.1) is 6.20 Å². The monoisotopic (exact) mass is 246 g/mol. The summed E-state index contributed by atoms with van der Waals surface area (Å²) in [6.45, 7) is 1.75. The molecule has 1 aromatic rings. The van der Waals surface area contributed by atoms with E-state index < -0.39 is 0 Å².